The molecule has 4 N–H and O–H groups in total. The Morgan fingerprint density at radius 1 is 1.18 bits per heavy atom. The molecule has 0 aliphatic carbocycles. The molecule has 0 radical (unpaired) electrons. The molecule has 0 saturated carbocycles. The molecular weight excluding hydrogens is 547 g/mol. The Labute approximate surface area is 224 Å². The molecule has 1 aliphatic rings. The van der Waals surface area contributed by atoms with Crippen molar-refractivity contribution in [3.8, 4) is 0 Å². The molecule has 38 heavy (non-hydrogen) atoms. The lowest BCUT2D eigenvalue weighted by molar-refractivity contribution is -0.137. The minimum absolute atomic E-state index is 0.0142. The average molecular weight is 570 g/mol. The molecule has 202 valence electrons. The van der Waals surface area contributed by atoms with E-state index in [4.69, 9.17) is 22.1 Å². The molecule has 10 nitrogen and oxygen atoms in total. The van der Waals surface area contributed by atoms with Crippen LogP contribution in [-0.4, -0.2) is 58.0 Å². The first kappa shape index (κ1) is 27.7. The summed E-state index contributed by atoms with van der Waals surface area (Å²) in [5, 5.41) is 5.49. The van der Waals surface area contributed by atoms with E-state index in [1.54, 1.807) is 6.92 Å². The second-order valence-corrected chi connectivity index (χ2v) is 9.88. The molecular formula is C23H23ClF3N7O3S. The first-order valence-electron chi connectivity index (χ1n) is 11.4. The van der Waals surface area contributed by atoms with Crippen LogP contribution in [0.3, 0.4) is 0 Å². The van der Waals surface area contributed by atoms with Crippen LogP contribution in [0.2, 0.25) is 5.02 Å². The number of nitrogens with two attached hydrogens (primary N) is 1. The van der Waals surface area contributed by atoms with Crippen LogP contribution in [0.4, 0.5) is 24.7 Å². The summed E-state index contributed by atoms with van der Waals surface area (Å²) >= 11 is 6.97. The number of benzene rings is 1. The molecule has 4 rings (SSSR count). The number of carbonyl (C=O) groups excluding carboxylic acids is 2. The number of nitrogen functional groups attached to an aromatic ring is 1. The maximum absolute atomic E-state index is 13.5. The molecule has 1 atom stereocenters. The zero-order valence-electron chi connectivity index (χ0n) is 20.0. The molecule has 1 aliphatic heterocycles. The number of aromatic nitrogens is 3. The largest absolute Gasteiger partial charge is 0.416 e. The van der Waals surface area contributed by atoms with Crippen LogP contribution < -0.4 is 16.4 Å². The molecule has 3 heterocycles. The topological polar surface area (TPSA) is 135 Å². The van der Waals surface area contributed by atoms with Gasteiger partial charge in [0.1, 0.15) is 27.1 Å². The molecule has 1 fully saturated rings. The number of morpholine rings is 1. The molecule has 0 spiro atoms. The second-order valence-electron chi connectivity index (χ2n) is 8.44. The van der Waals surface area contributed by atoms with Crippen LogP contribution in [0, 0.1) is 0 Å². The van der Waals surface area contributed by atoms with Crippen molar-refractivity contribution in [2.24, 2.45) is 0 Å². The van der Waals surface area contributed by atoms with Gasteiger partial charge in [-0.1, -0.05) is 11.6 Å². The van der Waals surface area contributed by atoms with Gasteiger partial charge in [-0.05, 0) is 30.7 Å². The fraction of sp³-hybridized carbons (Fsp3) is 0.348. The number of rotatable bonds is 7. The van der Waals surface area contributed by atoms with E-state index in [2.05, 4.69) is 25.6 Å². The number of anilines is 2. The SMILES string of the molecule is CC(NC(=O)c1ncnc(N)c1Cl)c1ncc(C(=O)Nc2cc(CN3CCOCC3)cc(C(F)(F)F)c2)s1. The van der Waals surface area contributed by atoms with Gasteiger partial charge in [-0.2, -0.15) is 13.2 Å². The van der Waals surface area contributed by atoms with Crippen molar-refractivity contribution >= 4 is 46.3 Å². The number of halogens is 4. The highest BCUT2D eigenvalue weighted by Crippen LogP contribution is 2.33. The first-order valence-corrected chi connectivity index (χ1v) is 12.6. The highest BCUT2D eigenvalue weighted by Gasteiger charge is 2.32. The van der Waals surface area contributed by atoms with Gasteiger partial charge in [-0.3, -0.25) is 14.5 Å². The van der Waals surface area contributed by atoms with E-state index in [1.165, 1.54) is 12.3 Å². The van der Waals surface area contributed by atoms with Gasteiger partial charge in [0.15, 0.2) is 5.69 Å². The Kier molecular flexibility index (Phi) is 8.45. The van der Waals surface area contributed by atoms with Gasteiger partial charge in [0.05, 0.1) is 31.0 Å². The van der Waals surface area contributed by atoms with Gasteiger partial charge >= 0.3 is 6.18 Å². The van der Waals surface area contributed by atoms with Crippen LogP contribution in [0.25, 0.3) is 0 Å². The third-order valence-electron chi connectivity index (χ3n) is 5.58. The lowest BCUT2D eigenvalue weighted by Gasteiger charge is -2.27. The molecule has 1 unspecified atom stereocenters. The average Bonchev–Trinajstić information content (AvgIpc) is 3.36. The summed E-state index contributed by atoms with van der Waals surface area (Å²) < 4.78 is 45.9. The number of thiazole rings is 1. The van der Waals surface area contributed by atoms with E-state index >= 15 is 0 Å². The normalized spacial score (nSPS) is 15.2. The minimum atomic E-state index is -4.58. The van der Waals surface area contributed by atoms with Crippen molar-refractivity contribution < 1.29 is 27.5 Å². The molecule has 3 aromatic rings. The van der Waals surface area contributed by atoms with E-state index < -0.39 is 29.6 Å². The Hall–Kier alpha value is -3.33. The molecule has 15 heteroatoms. The van der Waals surface area contributed by atoms with Crippen LogP contribution in [0.1, 0.15) is 49.3 Å². The highest BCUT2D eigenvalue weighted by molar-refractivity contribution is 7.13. The van der Waals surface area contributed by atoms with Gasteiger partial charge in [-0.25, -0.2) is 15.0 Å². The Bertz CT molecular complexity index is 1330. The van der Waals surface area contributed by atoms with E-state index in [0.29, 0.717) is 43.4 Å². The lowest BCUT2D eigenvalue weighted by atomic mass is 10.1. The summed E-state index contributed by atoms with van der Waals surface area (Å²) in [5.41, 5.74) is 5.06. The number of carbonyl (C=O) groups is 2. The summed E-state index contributed by atoms with van der Waals surface area (Å²) in [7, 11) is 0. The number of alkyl halides is 3. The van der Waals surface area contributed by atoms with E-state index in [-0.39, 0.29) is 27.1 Å². The van der Waals surface area contributed by atoms with Crippen molar-refractivity contribution in [1.29, 1.82) is 0 Å². The maximum atomic E-state index is 13.5. The Balaban J connectivity index is 1.46. The first-order chi connectivity index (χ1) is 18.0. The molecule has 1 aromatic carbocycles. The van der Waals surface area contributed by atoms with Crippen LogP contribution in [0.15, 0.2) is 30.7 Å². The third kappa shape index (κ3) is 6.75. The summed E-state index contributed by atoms with van der Waals surface area (Å²) in [6.45, 7) is 4.16. The van der Waals surface area contributed by atoms with Crippen LogP contribution in [0.5, 0.6) is 0 Å². The summed E-state index contributed by atoms with van der Waals surface area (Å²) in [4.78, 5) is 39.2. The van der Waals surface area contributed by atoms with Gasteiger partial charge in [0.2, 0.25) is 0 Å². The second kappa shape index (κ2) is 11.6. The predicted molar refractivity (Wildman–Crippen MR) is 135 cm³/mol. The predicted octanol–water partition coefficient (Wildman–Crippen LogP) is 3.76. The maximum Gasteiger partial charge on any atom is 0.416 e. The zero-order chi connectivity index (χ0) is 27.4. The van der Waals surface area contributed by atoms with Gasteiger partial charge < -0.3 is 21.1 Å². The highest BCUT2D eigenvalue weighted by atomic mass is 35.5. The fourth-order valence-corrected chi connectivity index (χ4v) is 4.69. The smallest absolute Gasteiger partial charge is 0.382 e. The fourth-order valence-electron chi connectivity index (χ4n) is 3.69. The Morgan fingerprint density at radius 2 is 1.92 bits per heavy atom. The van der Waals surface area contributed by atoms with E-state index in [0.717, 1.165) is 29.8 Å². The summed E-state index contributed by atoms with van der Waals surface area (Å²) in [6.07, 6.45) is -2.19. The van der Waals surface area contributed by atoms with E-state index in [1.807, 2.05) is 4.90 Å². The minimum Gasteiger partial charge on any atom is -0.382 e. The number of nitrogens with one attached hydrogen (secondary N) is 2. The standard InChI is InChI=1S/C23H23ClF3N7O3S/c1-12(32-21(36)18-17(24)19(28)31-11-30-18)22-29-9-16(38-22)20(35)33-15-7-13(6-14(8-15)23(25,26)27)10-34-2-4-37-5-3-34/h6-9,11-12H,2-5,10H2,1H3,(H,32,36)(H,33,35)(H2,28,30,31). The number of hydrogen-bond acceptors (Lipinski definition) is 9. The summed E-state index contributed by atoms with van der Waals surface area (Å²) in [5.74, 6) is -1.29. The number of nitrogens with zero attached hydrogens (tertiary/aromatic N) is 4. The van der Waals surface area contributed by atoms with Crippen molar-refractivity contribution in [1.82, 2.24) is 25.2 Å². The van der Waals surface area contributed by atoms with E-state index in [9.17, 15) is 22.8 Å². The van der Waals surface area contributed by atoms with Crippen molar-refractivity contribution in [3.63, 3.8) is 0 Å². The lowest BCUT2D eigenvalue weighted by Crippen LogP contribution is -2.35. The van der Waals surface area contributed by atoms with Crippen molar-refractivity contribution in [2.45, 2.75) is 25.7 Å². The molecule has 2 amide bonds. The quantitative estimate of drug-likeness (QED) is 0.391. The van der Waals surface area contributed by atoms with Crippen molar-refractivity contribution in [2.75, 3.05) is 37.4 Å². The summed E-state index contributed by atoms with van der Waals surface area (Å²) in [6, 6.07) is 2.86. The Morgan fingerprint density at radius 3 is 2.63 bits per heavy atom. The number of amides is 2. The molecule has 1 saturated heterocycles. The van der Waals surface area contributed by atoms with Crippen LogP contribution in [-0.2, 0) is 17.5 Å². The molecule has 2 aromatic heterocycles. The van der Waals surface area contributed by atoms with Gasteiger partial charge in [-0.15, -0.1) is 11.3 Å². The number of hydrogen-bond donors (Lipinski definition) is 3. The third-order valence-corrected chi connectivity index (χ3v) is 7.14. The monoisotopic (exact) mass is 569 g/mol. The van der Waals surface area contributed by atoms with Crippen molar-refractivity contribution in [3.05, 3.63) is 62.5 Å². The zero-order valence-corrected chi connectivity index (χ0v) is 21.6. The van der Waals surface area contributed by atoms with Gasteiger partial charge in [0.25, 0.3) is 11.8 Å². The number of ether oxygens (including phenoxy) is 1. The van der Waals surface area contributed by atoms with Crippen LogP contribution >= 0.6 is 22.9 Å². The van der Waals surface area contributed by atoms with Gasteiger partial charge in [0, 0.05) is 25.3 Å². The molecule has 0 bridgehead atoms.